The molecule has 0 heterocycles. The van der Waals surface area contributed by atoms with Gasteiger partial charge in [0.05, 0.1) is 17.4 Å². The number of halogens is 3. The highest BCUT2D eigenvalue weighted by Crippen LogP contribution is 2.27. The predicted octanol–water partition coefficient (Wildman–Crippen LogP) is 2.98. The average molecular weight is 357 g/mol. The van der Waals surface area contributed by atoms with Gasteiger partial charge in [-0.3, -0.25) is 0 Å². The lowest BCUT2D eigenvalue weighted by molar-refractivity contribution is 0.157. The van der Waals surface area contributed by atoms with Crippen LogP contribution in [0.25, 0.3) is 0 Å². The van der Waals surface area contributed by atoms with Gasteiger partial charge in [0.25, 0.3) is 0 Å². The summed E-state index contributed by atoms with van der Waals surface area (Å²) in [4.78, 5) is 0. The number of hydrogen-bond donors (Lipinski definition) is 1. The number of rotatable bonds is 6. The Kier molecular flexibility index (Phi) is 5.88. The van der Waals surface area contributed by atoms with Gasteiger partial charge in [0.2, 0.25) is 0 Å². The van der Waals surface area contributed by atoms with E-state index in [1.165, 1.54) is 6.92 Å². The first kappa shape index (κ1) is 16.5. The lowest BCUT2D eigenvalue weighted by Crippen LogP contribution is -2.11. The summed E-state index contributed by atoms with van der Waals surface area (Å²) in [6.45, 7) is 1.53. The summed E-state index contributed by atoms with van der Waals surface area (Å²) >= 11 is 2.94. The number of benzene rings is 1. The molecule has 108 valence electrons. The summed E-state index contributed by atoms with van der Waals surface area (Å²) < 4.78 is 49.8. The normalized spacial score (nSPS) is 13.5. The van der Waals surface area contributed by atoms with E-state index in [0.29, 0.717) is 0 Å². The van der Waals surface area contributed by atoms with Gasteiger partial charge in [-0.05, 0) is 25.0 Å². The first-order valence-corrected chi connectivity index (χ1v) is 8.41. The molecule has 0 aromatic heterocycles. The Bertz CT molecular complexity index is 523. The molecule has 0 aliphatic carbocycles. The molecule has 0 spiro atoms. The lowest BCUT2D eigenvalue weighted by atomic mass is 10.0. The van der Waals surface area contributed by atoms with Crippen LogP contribution in [0.3, 0.4) is 0 Å². The van der Waals surface area contributed by atoms with Gasteiger partial charge in [-0.25, -0.2) is 17.2 Å². The lowest BCUT2D eigenvalue weighted by Gasteiger charge is -2.13. The molecule has 0 radical (unpaired) electrons. The van der Waals surface area contributed by atoms with E-state index < -0.39 is 33.1 Å². The molecule has 0 amide bonds. The van der Waals surface area contributed by atoms with E-state index >= 15 is 0 Å². The van der Waals surface area contributed by atoms with Crippen LogP contribution < -0.4 is 0 Å². The fourth-order valence-corrected chi connectivity index (χ4v) is 2.95. The quantitative estimate of drug-likeness (QED) is 0.852. The van der Waals surface area contributed by atoms with Gasteiger partial charge in [0.1, 0.15) is 21.5 Å². The largest absolute Gasteiger partial charge is 0.388 e. The minimum Gasteiger partial charge on any atom is -0.388 e. The van der Waals surface area contributed by atoms with E-state index in [1.807, 2.05) is 0 Å². The van der Waals surface area contributed by atoms with Gasteiger partial charge in [-0.15, -0.1) is 0 Å². The van der Waals surface area contributed by atoms with Crippen molar-refractivity contribution in [3.63, 3.8) is 0 Å². The Morgan fingerprint density at radius 1 is 1.32 bits per heavy atom. The average Bonchev–Trinajstić information content (AvgIpc) is 2.27. The molecule has 0 saturated heterocycles. The molecule has 19 heavy (non-hydrogen) atoms. The maximum Gasteiger partial charge on any atom is 0.150 e. The van der Waals surface area contributed by atoms with Crippen molar-refractivity contribution in [3.8, 4) is 0 Å². The molecular weight excluding hydrogens is 342 g/mol. The molecule has 3 nitrogen and oxygen atoms in total. The molecule has 0 fully saturated rings. The Labute approximate surface area is 119 Å². The first-order chi connectivity index (χ1) is 8.76. The van der Waals surface area contributed by atoms with Crippen LogP contribution in [0.2, 0.25) is 0 Å². The molecule has 0 aliphatic rings. The van der Waals surface area contributed by atoms with Crippen molar-refractivity contribution in [1.29, 1.82) is 0 Å². The Balaban J connectivity index is 2.72. The Morgan fingerprint density at radius 3 is 2.32 bits per heavy atom. The van der Waals surface area contributed by atoms with Gasteiger partial charge in [0, 0.05) is 10.2 Å². The van der Waals surface area contributed by atoms with Crippen molar-refractivity contribution in [1.82, 2.24) is 0 Å². The molecule has 1 aromatic carbocycles. The second-order valence-corrected chi connectivity index (χ2v) is 7.57. The molecule has 0 saturated carbocycles. The van der Waals surface area contributed by atoms with Crippen LogP contribution in [-0.4, -0.2) is 25.0 Å². The van der Waals surface area contributed by atoms with Gasteiger partial charge in [-0.1, -0.05) is 22.9 Å². The summed E-state index contributed by atoms with van der Waals surface area (Å²) in [5.74, 6) is -1.78. The molecule has 1 unspecified atom stereocenters. The standard InChI is InChI=1S/C12H15BrF2O3S/c1-2-19(17,18)5-3-4-11(16)12-9(14)6-8(13)7-10(12)15/h6-7,11,16H,2-5H2,1H3. The SMILES string of the molecule is CCS(=O)(=O)CCCC(O)c1c(F)cc(Br)cc1F. The molecule has 1 atom stereocenters. The van der Waals surface area contributed by atoms with E-state index in [2.05, 4.69) is 15.9 Å². The van der Waals surface area contributed by atoms with Crippen LogP contribution in [0.15, 0.2) is 16.6 Å². The van der Waals surface area contributed by atoms with E-state index in [0.717, 1.165) is 12.1 Å². The van der Waals surface area contributed by atoms with E-state index in [1.54, 1.807) is 0 Å². The predicted molar refractivity (Wildman–Crippen MR) is 72.6 cm³/mol. The van der Waals surface area contributed by atoms with Crippen LogP contribution in [0, 0.1) is 11.6 Å². The first-order valence-electron chi connectivity index (χ1n) is 5.79. The fourth-order valence-electron chi connectivity index (χ4n) is 1.66. The van der Waals surface area contributed by atoms with Crippen LogP contribution in [-0.2, 0) is 9.84 Å². The van der Waals surface area contributed by atoms with Crippen molar-refractivity contribution in [2.75, 3.05) is 11.5 Å². The number of hydrogen-bond acceptors (Lipinski definition) is 3. The van der Waals surface area contributed by atoms with Gasteiger partial charge < -0.3 is 5.11 Å². The van der Waals surface area contributed by atoms with E-state index in [-0.39, 0.29) is 28.8 Å². The van der Waals surface area contributed by atoms with Crippen LogP contribution in [0.1, 0.15) is 31.4 Å². The maximum absolute atomic E-state index is 13.5. The van der Waals surface area contributed by atoms with Crippen LogP contribution in [0.5, 0.6) is 0 Å². The Morgan fingerprint density at radius 2 is 1.84 bits per heavy atom. The highest BCUT2D eigenvalue weighted by molar-refractivity contribution is 9.10. The molecule has 7 heteroatoms. The van der Waals surface area contributed by atoms with Crippen molar-refractivity contribution in [3.05, 3.63) is 33.8 Å². The number of sulfone groups is 1. The molecule has 1 rings (SSSR count). The number of aliphatic hydroxyl groups excluding tert-OH is 1. The summed E-state index contributed by atoms with van der Waals surface area (Å²) in [6, 6.07) is 2.12. The van der Waals surface area contributed by atoms with Crippen molar-refractivity contribution in [2.24, 2.45) is 0 Å². The summed E-state index contributed by atoms with van der Waals surface area (Å²) in [5, 5.41) is 9.75. The molecular formula is C12H15BrF2O3S. The van der Waals surface area contributed by atoms with Gasteiger partial charge >= 0.3 is 0 Å². The van der Waals surface area contributed by atoms with E-state index in [4.69, 9.17) is 0 Å². The van der Waals surface area contributed by atoms with Crippen LogP contribution in [0.4, 0.5) is 8.78 Å². The highest BCUT2D eigenvalue weighted by Gasteiger charge is 2.19. The minimum atomic E-state index is -3.13. The zero-order valence-electron chi connectivity index (χ0n) is 10.4. The van der Waals surface area contributed by atoms with Gasteiger partial charge in [-0.2, -0.15) is 0 Å². The topological polar surface area (TPSA) is 54.4 Å². The fraction of sp³-hybridized carbons (Fsp3) is 0.500. The van der Waals surface area contributed by atoms with Crippen molar-refractivity contribution >= 4 is 25.8 Å². The molecule has 1 N–H and O–H groups in total. The smallest absolute Gasteiger partial charge is 0.150 e. The molecule has 0 bridgehead atoms. The summed E-state index contributed by atoms with van der Waals surface area (Å²) in [5.41, 5.74) is -0.419. The second kappa shape index (κ2) is 6.76. The third-order valence-corrected chi connectivity index (χ3v) is 5.00. The molecule has 1 aromatic rings. The van der Waals surface area contributed by atoms with E-state index in [9.17, 15) is 22.3 Å². The monoisotopic (exact) mass is 356 g/mol. The maximum atomic E-state index is 13.5. The zero-order chi connectivity index (χ0) is 14.6. The number of aliphatic hydroxyl groups is 1. The summed E-state index contributed by atoms with van der Waals surface area (Å²) in [6.07, 6.45) is -1.19. The molecule has 0 aliphatic heterocycles. The van der Waals surface area contributed by atoms with Crippen LogP contribution >= 0.6 is 15.9 Å². The minimum absolute atomic E-state index is 0.00526. The zero-order valence-corrected chi connectivity index (χ0v) is 12.8. The summed E-state index contributed by atoms with van der Waals surface area (Å²) in [7, 11) is -3.13. The van der Waals surface area contributed by atoms with Gasteiger partial charge in [0.15, 0.2) is 0 Å². The highest BCUT2D eigenvalue weighted by atomic mass is 79.9. The third-order valence-electron chi connectivity index (χ3n) is 2.75. The van der Waals surface area contributed by atoms with Crippen molar-refractivity contribution in [2.45, 2.75) is 25.9 Å². The third kappa shape index (κ3) is 4.81. The second-order valence-electron chi connectivity index (χ2n) is 4.18. The Hall–Kier alpha value is -0.530. The van der Waals surface area contributed by atoms with Crippen molar-refractivity contribution < 1.29 is 22.3 Å².